The van der Waals surface area contributed by atoms with E-state index in [1.54, 1.807) is 12.1 Å². The lowest BCUT2D eigenvalue weighted by atomic mass is 9.86. The van der Waals surface area contributed by atoms with Gasteiger partial charge in [-0.3, -0.25) is 0 Å². The van der Waals surface area contributed by atoms with E-state index in [1.807, 2.05) is 12.1 Å². The van der Waals surface area contributed by atoms with Gasteiger partial charge in [-0.2, -0.15) is 0 Å². The molecule has 98 valence electrons. The van der Waals surface area contributed by atoms with Crippen LogP contribution in [0, 0.1) is 0 Å². The second-order valence-corrected chi connectivity index (χ2v) is 4.66. The predicted molar refractivity (Wildman–Crippen MR) is 69.8 cm³/mol. The van der Waals surface area contributed by atoms with Gasteiger partial charge in [0.25, 0.3) is 0 Å². The number of hydrogen-bond donors (Lipinski definition) is 3. The molecule has 4 nitrogen and oxygen atoms in total. The number of hydrogen-bond acceptors (Lipinski definition) is 4. The van der Waals surface area contributed by atoms with Crippen molar-refractivity contribution in [2.75, 3.05) is 6.61 Å². The number of fused-ring (bicyclic) bond motifs is 1. The normalized spacial score (nSPS) is 17.6. The molecule has 1 heterocycles. The Hall–Kier alpha value is -2.36. The third-order valence-electron chi connectivity index (χ3n) is 3.41. The largest absolute Gasteiger partial charge is 0.508 e. The first-order chi connectivity index (χ1) is 9.15. The fourth-order valence-corrected chi connectivity index (χ4v) is 2.54. The molecular weight excluding hydrogens is 244 g/mol. The number of phenols is 3. The molecule has 1 aliphatic rings. The molecule has 0 saturated heterocycles. The average Bonchev–Trinajstić information content (AvgIpc) is 2.38. The summed E-state index contributed by atoms with van der Waals surface area (Å²) in [6, 6.07) is 9.76. The van der Waals surface area contributed by atoms with E-state index in [0.717, 1.165) is 12.0 Å². The SMILES string of the molecule is Oc1ccc(C2CCOc3cc(O)cc(O)c32)cc1. The Bertz CT molecular complexity index is 604. The highest BCUT2D eigenvalue weighted by molar-refractivity contribution is 5.55. The second kappa shape index (κ2) is 4.39. The molecule has 1 unspecified atom stereocenters. The lowest BCUT2D eigenvalue weighted by molar-refractivity contribution is 0.270. The first-order valence-electron chi connectivity index (χ1n) is 6.13. The molecule has 0 fully saturated rings. The summed E-state index contributed by atoms with van der Waals surface area (Å²) in [5, 5.41) is 28.9. The zero-order valence-electron chi connectivity index (χ0n) is 10.2. The Morgan fingerprint density at radius 1 is 0.947 bits per heavy atom. The third kappa shape index (κ3) is 2.05. The molecule has 3 N–H and O–H groups in total. The zero-order valence-corrected chi connectivity index (χ0v) is 10.2. The van der Waals surface area contributed by atoms with Crippen LogP contribution in [0.4, 0.5) is 0 Å². The number of benzene rings is 2. The number of aromatic hydroxyl groups is 3. The van der Waals surface area contributed by atoms with Gasteiger partial charge >= 0.3 is 0 Å². The van der Waals surface area contributed by atoms with Crippen molar-refractivity contribution in [1.29, 1.82) is 0 Å². The minimum Gasteiger partial charge on any atom is -0.508 e. The van der Waals surface area contributed by atoms with Crippen LogP contribution in [0.25, 0.3) is 0 Å². The summed E-state index contributed by atoms with van der Waals surface area (Å²) in [4.78, 5) is 0. The van der Waals surface area contributed by atoms with E-state index in [9.17, 15) is 15.3 Å². The summed E-state index contributed by atoms with van der Waals surface area (Å²) in [5.41, 5.74) is 1.69. The smallest absolute Gasteiger partial charge is 0.130 e. The van der Waals surface area contributed by atoms with Crippen molar-refractivity contribution >= 4 is 0 Å². The monoisotopic (exact) mass is 258 g/mol. The minimum absolute atomic E-state index is 0.00458. The highest BCUT2D eigenvalue weighted by Crippen LogP contribution is 2.45. The Morgan fingerprint density at radius 3 is 2.42 bits per heavy atom. The zero-order chi connectivity index (χ0) is 13.4. The molecule has 2 aromatic carbocycles. The van der Waals surface area contributed by atoms with Crippen molar-refractivity contribution in [3.05, 3.63) is 47.5 Å². The van der Waals surface area contributed by atoms with Crippen LogP contribution in [0.2, 0.25) is 0 Å². The first-order valence-corrected chi connectivity index (χ1v) is 6.13. The van der Waals surface area contributed by atoms with Crippen LogP contribution < -0.4 is 4.74 Å². The summed E-state index contributed by atoms with van der Waals surface area (Å²) in [6.07, 6.45) is 0.746. The molecule has 0 bridgehead atoms. The van der Waals surface area contributed by atoms with Gasteiger partial charge in [-0.05, 0) is 24.1 Å². The van der Waals surface area contributed by atoms with E-state index < -0.39 is 0 Å². The fraction of sp³-hybridized carbons (Fsp3) is 0.200. The van der Waals surface area contributed by atoms with Crippen LogP contribution in [0.1, 0.15) is 23.5 Å². The van der Waals surface area contributed by atoms with Crippen LogP contribution in [-0.2, 0) is 0 Å². The number of ether oxygens (including phenoxy) is 1. The third-order valence-corrected chi connectivity index (χ3v) is 3.41. The van der Waals surface area contributed by atoms with Crippen LogP contribution in [0.5, 0.6) is 23.0 Å². The molecule has 19 heavy (non-hydrogen) atoms. The Labute approximate surface area is 110 Å². The maximum atomic E-state index is 10.0. The van der Waals surface area contributed by atoms with E-state index in [-0.39, 0.29) is 23.2 Å². The van der Waals surface area contributed by atoms with Crippen molar-refractivity contribution in [3.63, 3.8) is 0 Å². The van der Waals surface area contributed by atoms with Gasteiger partial charge in [0.2, 0.25) is 0 Å². The van der Waals surface area contributed by atoms with Gasteiger partial charge in [0.1, 0.15) is 23.0 Å². The van der Waals surface area contributed by atoms with Gasteiger partial charge in [-0.25, -0.2) is 0 Å². The van der Waals surface area contributed by atoms with Crippen molar-refractivity contribution in [2.45, 2.75) is 12.3 Å². The summed E-state index contributed by atoms with van der Waals surface area (Å²) in [5.74, 6) is 0.758. The van der Waals surface area contributed by atoms with Crippen LogP contribution in [-0.4, -0.2) is 21.9 Å². The van der Waals surface area contributed by atoms with E-state index >= 15 is 0 Å². The van der Waals surface area contributed by atoms with Gasteiger partial charge in [0, 0.05) is 23.6 Å². The van der Waals surface area contributed by atoms with Gasteiger partial charge in [0.15, 0.2) is 0 Å². The molecule has 0 radical (unpaired) electrons. The van der Waals surface area contributed by atoms with E-state index in [4.69, 9.17) is 4.74 Å². The molecule has 0 aliphatic carbocycles. The second-order valence-electron chi connectivity index (χ2n) is 4.66. The van der Waals surface area contributed by atoms with Crippen molar-refractivity contribution in [2.24, 2.45) is 0 Å². The molecule has 2 aromatic rings. The summed E-state index contributed by atoms with van der Waals surface area (Å²) in [7, 11) is 0. The lowest BCUT2D eigenvalue weighted by Crippen LogP contribution is -2.15. The summed E-state index contributed by atoms with van der Waals surface area (Å²) < 4.78 is 5.49. The highest BCUT2D eigenvalue weighted by Gasteiger charge is 2.27. The van der Waals surface area contributed by atoms with Crippen molar-refractivity contribution in [3.8, 4) is 23.0 Å². The molecule has 3 rings (SSSR count). The predicted octanol–water partition coefficient (Wildman–Crippen LogP) is 2.72. The van der Waals surface area contributed by atoms with Gasteiger partial charge < -0.3 is 20.1 Å². The lowest BCUT2D eigenvalue weighted by Gasteiger charge is -2.27. The Kier molecular flexibility index (Phi) is 2.71. The Morgan fingerprint density at radius 2 is 1.68 bits per heavy atom. The van der Waals surface area contributed by atoms with E-state index in [2.05, 4.69) is 0 Å². The first kappa shape index (κ1) is 11.7. The summed E-state index contributed by atoms with van der Waals surface area (Å²) in [6.45, 7) is 0.529. The van der Waals surface area contributed by atoms with Gasteiger partial charge in [-0.1, -0.05) is 12.1 Å². The molecule has 1 aliphatic heterocycles. The standard InChI is InChI=1S/C15H14O4/c16-10-3-1-9(2-4-10)12-5-6-19-14-8-11(17)7-13(18)15(12)14/h1-4,7-8,12,16-18H,5-6H2. The van der Waals surface area contributed by atoms with Gasteiger partial charge in [-0.15, -0.1) is 0 Å². The van der Waals surface area contributed by atoms with Crippen LogP contribution in [0.3, 0.4) is 0 Å². The molecule has 0 aromatic heterocycles. The van der Waals surface area contributed by atoms with E-state index in [0.29, 0.717) is 17.9 Å². The average molecular weight is 258 g/mol. The molecule has 0 amide bonds. The molecule has 0 saturated carbocycles. The van der Waals surface area contributed by atoms with Crippen LogP contribution >= 0.6 is 0 Å². The van der Waals surface area contributed by atoms with Gasteiger partial charge in [0.05, 0.1) is 6.61 Å². The molecule has 1 atom stereocenters. The summed E-state index contributed by atoms with van der Waals surface area (Å²) >= 11 is 0. The topological polar surface area (TPSA) is 69.9 Å². The maximum Gasteiger partial charge on any atom is 0.130 e. The van der Waals surface area contributed by atoms with Crippen molar-refractivity contribution < 1.29 is 20.1 Å². The van der Waals surface area contributed by atoms with Crippen molar-refractivity contribution in [1.82, 2.24) is 0 Å². The Balaban J connectivity index is 2.09. The molecular formula is C15H14O4. The van der Waals surface area contributed by atoms with E-state index in [1.165, 1.54) is 12.1 Å². The minimum atomic E-state index is -0.0115. The number of rotatable bonds is 1. The fourth-order valence-electron chi connectivity index (χ4n) is 2.54. The highest BCUT2D eigenvalue weighted by atomic mass is 16.5. The number of phenolic OH excluding ortho intramolecular Hbond substituents is 3. The maximum absolute atomic E-state index is 10.0. The quantitative estimate of drug-likeness (QED) is 0.735. The molecule has 0 spiro atoms. The molecule has 4 heteroatoms. The van der Waals surface area contributed by atoms with Crippen LogP contribution in [0.15, 0.2) is 36.4 Å².